The minimum absolute atomic E-state index is 0.214. The van der Waals surface area contributed by atoms with Gasteiger partial charge in [0.25, 0.3) is 0 Å². The maximum absolute atomic E-state index is 13.5. The second-order valence-corrected chi connectivity index (χ2v) is 4.91. The Balaban J connectivity index is 2.40. The number of fused-ring (bicyclic) bond motifs is 1. The van der Waals surface area contributed by atoms with Gasteiger partial charge in [-0.15, -0.1) is 0 Å². The molecule has 2 nitrogen and oxygen atoms in total. The first-order valence-electron chi connectivity index (χ1n) is 5.27. The van der Waals surface area contributed by atoms with Crippen LogP contribution >= 0.6 is 15.9 Å². The molecule has 86 valence electrons. The van der Waals surface area contributed by atoms with Crippen LogP contribution in [0.15, 0.2) is 22.7 Å². The fourth-order valence-corrected chi connectivity index (χ4v) is 2.20. The van der Waals surface area contributed by atoms with Gasteiger partial charge in [-0.2, -0.15) is 0 Å². The largest absolute Gasteiger partial charge is 0.354 e. The first kappa shape index (κ1) is 11.6. The van der Waals surface area contributed by atoms with Crippen molar-refractivity contribution in [1.82, 2.24) is 10.3 Å². The van der Waals surface area contributed by atoms with Crippen LogP contribution < -0.4 is 5.32 Å². The molecule has 0 saturated carbocycles. The summed E-state index contributed by atoms with van der Waals surface area (Å²) >= 11 is 3.50. The molecule has 0 saturated heterocycles. The standard InChI is InChI=1S/C12H14BrFN2/c1-7(2)15-6-10-11(13)8-4-3-5-9(14)12(8)16-10/h3-5,7,15-16H,6H2,1-2H3. The van der Waals surface area contributed by atoms with Gasteiger partial charge in [0, 0.05) is 28.1 Å². The van der Waals surface area contributed by atoms with E-state index in [9.17, 15) is 4.39 Å². The summed E-state index contributed by atoms with van der Waals surface area (Å²) in [5.41, 5.74) is 1.55. The number of hydrogen-bond donors (Lipinski definition) is 2. The molecule has 0 unspecified atom stereocenters. The molecular weight excluding hydrogens is 271 g/mol. The Hall–Kier alpha value is -0.870. The van der Waals surface area contributed by atoms with Crippen molar-refractivity contribution in [2.45, 2.75) is 26.4 Å². The highest BCUT2D eigenvalue weighted by Crippen LogP contribution is 2.29. The van der Waals surface area contributed by atoms with Crippen LogP contribution in [0.3, 0.4) is 0 Å². The van der Waals surface area contributed by atoms with E-state index in [0.717, 1.165) is 15.6 Å². The molecule has 1 aromatic heterocycles. The molecule has 2 rings (SSSR count). The molecule has 0 spiro atoms. The fraction of sp³-hybridized carbons (Fsp3) is 0.333. The lowest BCUT2D eigenvalue weighted by Gasteiger charge is -2.06. The molecule has 0 amide bonds. The van der Waals surface area contributed by atoms with Crippen molar-refractivity contribution in [3.8, 4) is 0 Å². The Bertz CT molecular complexity index is 505. The number of nitrogens with one attached hydrogen (secondary N) is 2. The zero-order valence-corrected chi connectivity index (χ0v) is 10.9. The normalized spacial score (nSPS) is 11.6. The lowest BCUT2D eigenvalue weighted by molar-refractivity contribution is 0.581. The Morgan fingerprint density at radius 1 is 1.44 bits per heavy atom. The van der Waals surface area contributed by atoms with Crippen LogP contribution in [-0.2, 0) is 6.54 Å². The molecule has 0 aliphatic carbocycles. The topological polar surface area (TPSA) is 27.8 Å². The van der Waals surface area contributed by atoms with E-state index in [1.165, 1.54) is 6.07 Å². The predicted octanol–water partition coefficient (Wildman–Crippen LogP) is 3.57. The van der Waals surface area contributed by atoms with Gasteiger partial charge in [0.1, 0.15) is 5.82 Å². The van der Waals surface area contributed by atoms with E-state index in [0.29, 0.717) is 18.1 Å². The van der Waals surface area contributed by atoms with Crippen LogP contribution in [0, 0.1) is 5.82 Å². The molecule has 0 radical (unpaired) electrons. The fourth-order valence-electron chi connectivity index (χ4n) is 1.63. The molecule has 0 atom stereocenters. The molecule has 16 heavy (non-hydrogen) atoms. The van der Waals surface area contributed by atoms with Gasteiger partial charge < -0.3 is 10.3 Å². The van der Waals surface area contributed by atoms with Crippen molar-refractivity contribution >= 4 is 26.8 Å². The van der Waals surface area contributed by atoms with Gasteiger partial charge in [0.2, 0.25) is 0 Å². The molecule has 1 heterocycles. The van der Waals surface area contributed by atoms with Crippen LogP contribution in [-0.4, -0.2) is 11.0 Å². The van der Waals surface area contributed by atoms with Gasteiger partial charge in [-0.3, -0.25) is 0 Å². The van der Waals surface area contributed by atoms with E-state index in [2.05, 4.69) is 40.1 Å². The van der Waals surface area contributed by atoms with E-state index in [-0.39, 0.29) is 5.82 Å². The zero-order valence-electron chi connectivity index (χ0n) is 9.27. The molecule has 1 aromatic carbocycles. The Kier molecular flexibility index (Phi) is 3.30. The van der Waals surface area contributed by atoms with E-state index in [4.69, 9.17) is 0 Å². The van der Waals surface area contributed by atoms with Crippen molar-refractivity contribution in [2.24, 2.45) is 0 Å². The Morgan fingerprint density at radius 3 is 2.81 bits per heavy atom. The van der Waals surface area contributed by atoms with Crippen LogP contribution in [0.1, 0.15) is 19.5 Å². The molecule has 0 bridgehead atoms. The highest BCUT2D eigenvalue weighted by Gasteiger charge is 2.11. The van der Waals surface area contributed by atoms with Crippen molar-refractivity contribution in [3.05, 3.63) is 34.2 Å². The lowest BCUT2D eigenvalue weighted by Crippen LogP contribution is -2.22. The van der Waals surface area contributed by atoms with Gasteiger partial charge in [0.05, 0.1) is 5.52 Å². The lowest BCUT2D eigenvalue weighted by atomic mass is 10.2. The summed E-state index contributed by atoms with van der Waals surface area (Å²) in [5.74, 6) is -0.214. The summed E-state index contributed by atoms with van der Waals surface area (Å²) in [5, 5.41) is 4.19. The minimum atomic E-state index is -0.214. The van der Waals surface area contributed by atoms with Gasteiger partial charge in [-0.1, -0.05) is 26.0 Å². The number of rotatable bonds is 3. The maximum atomic E-state index is 13.5. The van der Waals surface area contributed by atoms with Crippen molar-refractivity contribution < 1.29 is 4.39 Å². The molecule has 2 N–H and O–H groups in total. The summed E-state index contributed by atoms with van der Waals surface area (Å²) in [6, 6.07) is 5.49. The predicted molar refractivity (Wildman–Crippen MR) is 67.9 cm³/mol. The average Bonchev–Trinajstić information content (AvgIpc) is 2.55. The maximum Gasteiger partial charge on any atom is 0.147 e. The summed E-state index contributed by atoms with van der Waals surface area (Å²) in [4.78, 5) is 3.10. The van der Waals surface area contributed by atoms with Gasteiger partial charge in [0.15, 0.2) is 0 Å². The number of hydrogen-bond acceptors (Lipinski definition) is 1. The number of aromatic nitrogens is 1. The first-order valence-corrected chi connectivity index (χ1v) is 6.07. The minimum Gasteiger partial charge on any atom is -0.354 e. The van der Waals surface area contributed by atoms with E-state index < -0.39 is 0 Å². The summed E-state index contributed by atoms with van der Waals surface area (Å²) in [7, 11) is 0. The average molecular weight is 285 g/mol. The number of H-pyrrole nitrogens is 1. The third-order valence-corrected chi connectivity index (χ3v) is 3.38. The van der Waals surface area contributed by atoms with Gasteiger partial charge >= 0.3 is 0 Å². The SMILES string of the molecule is CC(C)NCc1[nH]c2c(F)cccc2c1Br. The van der Waals surface area contributed by atoms with Crippen LogP contribution in [0.2, 0.25) is 0 Å². The number of benzene rings is 1. The smallest absolute Gasteiger partial charge is 0.147 e. The molecule has 0 aliphatic rings. The summed E-state index contributed by atoms with van der Waals surface area (Å²) < 4.78 is 14.4. The third kappa shape index (κ3) is 2.13. The number of halogens is 2. The van der Waals surface area contributed by atoms with Gasteiger partial charge in [-0.05, 0) is 22.0 Å². The molecule has 4 heteroatoms. The molecule has 2 aromatic rings. The van der Waals surface area contributed by atoms with Crippen molar-refractivity contribution in [3.63, 3.8) is 0 Å². The first-order chi connectivity index (χ1) is 7.59. The molecular formula is C12H14BrFN2. The van der Waals surface area contributed by atoms with Crippen molar-refractivity contribution in [1.29, 1.82) is 0 Å². The highest BCUT2D eigenvalue weighted by atomic mass is 79.9. The zero-order chi connectivity index (χ0) is 11.7. The van der Waals surface area contributed by atoms with E-state index in [1.807, 2.05) is 6.07 Å². The second-order valence-electron chi connectivity index (χ2n) is 4.12. The van der Waals surface area contributed by atoms with Crippen LogP contribution in [0.25, 0.3) is 10.9 Å². The van der Waals surface area contributed by atoms with E-state index >= 15 is 0 Å². The number of para-hydroxylation sites is 1. The monoisotopic (exact) mass is 284 g/mol. The highest BCUT2D eigenvalue weighted by molar-refractivity contribution is 9.10. The Morgan fingerprint density at radius 2 is 2.19 bits per heavy atom. The third-order valence-electron chi connectivity index (χ3n) is 2.48. The summed E-state index contributed by atoms with van der Waals surface area (Å²) in [6.07, 6.45) is 0. The molecule has 0 fully saturated rings. The van der Waals surface area contributed by atoms with Crippen LogP contribution in [0.4, 0.5) is 4.39 Å². The molecule has 0 aliphatic heterocycles. The van der Waals surface area contributed by atoms with Crippen LogP contribution in [0.5, 0.6) is 0 Å². The summed E-state index contributed by atoms with van der Waals surface area (Å²) in [6.45, 7) is 4.86. The number of aromatic amines is 1. The van der Waals surface area contributed by atoms with Crippen molar-refractivity contribution in [2.75, 3.05) is 0 Å². The van der Waals surface area contributed by atoms with E-state index in [1.54, 1.807) is 6.07 Å². The van der Waals surface area contributed by atoms with Gasteiger partial charge in [-0.25, -0.2) is 4.39 Å². The quantitative estimate of drug-likeness (QED) is 0.886. The Labute approximate surface area is 102 Å². The second kappa shape index (κ2) is 4.55.